The van der Waals surface area contributed by atoms with Crippen LogP contribution in [0.3, 0.4) is 0 Å². The Balaban J connectivity index is 1.66. The lowest BCUT2D eigenvalue weighted by molar-refractivity contribution is 0.209. The van der Waals surface area contributed by atoms with Gasteiger partial charge in [0, 0.05) is 18.1 Å². The van der Waals surface area contributed by atoms with Crippen molar-refractivity contribution in [2.45, 2.75) is 70.8 Å². The lowest BCUT2D eigenvalue weighted by Gasteiger charge is -2.10. The van der Waals surface area contributed by atoms with Gasteiger partial charge in [-0.05, 0) is 18.9 Å². The van der Waals surface area contributed by atoms with Gasteiger partial charge in [0.25, 0.3) is 0 Å². The number of hydrogen-bond acceptors (Lipinski definition) is 3. The Labute approximate surface area is 121 Å². The first-order valence-electron chi connectivity index (χ1n) is 7.92. The molecule has 3 nitrogen and oxygen atoms in total. The predicted molar refractivity (Wildman–Crippen MR) is 80.5 cm³/mol. The number of hydrogen-bond donors (Lipinski definition) is 2. The van der Waals surface area contributed by atoms with Gasteiger partial charge in [-0.3, -0.25) is 0 Å². The molecule has 0 bridgehead atoms. The molecule has 1 atom stereocenters. The van der Waals surface area contributed by atoms with E-state index in [9.17, 15) is 10.2 Å². The van der Waals surface area contributed by atoms with E-state index in [4.69, 9.17) is 4.74 Å². The maximum atomic E-state index is 9.74. The fourth-order valence-corrected chi connectivity index (χ4v) is 2.89. The molecule has 0 saturated carbocycles. The van der Waals surface area contributed by atoms with E-state index in [2.05, 4.69) is 6.92 Å². The molecule has 0 fully saturated rings. The van der Waals surface area contributed by atoms with Crippen LogP contribution in [0.1, 0.15) is 63.9 Å². The van der Waals surface area contributed by atoms with Gasteiger partial charge in [0.15, 0.2) is 11.5 Å². The Bertz CT molecular complexity index is 428. The predicted octanol–water partition coefficient (Wildman–Crippen LogP) is 4.54. The molecule has 1 aliphatic heterocycles. The second-order valence-corrected chi connectivity index (χ2v) is 5.81. The average Bonchev–Trinajstić information content (AvgIpc) is 2.81. The summed E-state index contributed by atoms with van der Waals surface area (Å²) < 4.78 is 5.78. The van der Waals surface area contributed by atoms with Gasteiger partial charge in [0.1, 0.15) is 11.9 Å². The minimum absolute atomic E-state index is 0.0575. The van der Waals surface area contributed by atoms with Crippen LogP contribution in [0.15, 0.2) is 12.1 Å². The van der Waals surface area contributed by atoms with Crippen LogP contribution in [0.2, 0.25) is 0 Å². The minimum atomic E-state index is 0.0575. The second-order valence-electron chi connectivity index (χ2n) is 5.81. The van der Waals surface area contributed by atoms with Crippen LogP contribution in [0.25, 0.3) is 0 Å². The van der Waals surface area contributed by atoms with Gasteiger partial charge in [-0.15, -0.1) is 0 Å². The third-order valence-electron chi connectivity index (χ3n) is 3.99. The highest BCUT2D eigenvalue weighted by molar-refractivity contribution is 5.52. The summed E-state index contributed by atoms with van der Waals surface area (Å²) in [7, 11) is 0. The average molecular weight is 278 g/mol. The van der Waals surface area contributed by atoms with Gasteiger partial charge in [-0.25, -0.2) is 0 Å². The fourth-order valence-electron chi connectivity index (χ4n) is 2.89. The zero-order valence-corrected chi connectivity index (χ0v) is 12.4. The molecule has 1 unspecified atom stereocenters. The maximum Gasteiger partial charge on any atom is 0.164 e. The molecule has 1 heterocycles. The van der Waals surface area contributed by atoms with Crippen molar-refractivity contribution in [1.29, 1.82) is 0 Å². The van der Waals surface area contributed by atoms with Gasteiger partial charge < -0.3 is 14.9 Å². The highest BCUT2D eigenvalue weighted by Gasteiger charge is 2.25. The molecule has 112 valence electrons. The molecule has 0 spiro atoms. The molecular formula is C17H26O3. The van der Waals surface area contributed by atoms with Crippen LogP contribution in [-0.4, -0.2) is 16.3 Å². The van der Waals surface area contributed by atoms with E-state index in [0.717, 1.165) is 18.4 Å². The lowest BCUT2D eigenvalue weighted by Crippen LogP contribution is -2.12. The van der Waals surface area contributed by atoms with Crippen LogP contribution in [-0.2, 0) is 6.42 Å². The highest BCUT2D eigenvalue weighted by atomic mass is 16.5. The molecule has 1 aliphatic rings. The molecule has 0 radical (unpaired) electrons. The van der Waals surface area contributed by atoms with E-state index in [-0.39, 0.29) is 17.6 Å². The maximum absolute atomic E-state index is 9.74. The van der Waals surface area contributed by atoms with Gasteiger partial charge >= 0.3 is 0 Å². The van der Waals surface area contributed by atoms with E-state index < -0.39 is 0 Å². The number of ether oxygens (including phenoxy) is 1. The Morgan fingerprint density at radius 1 is 1.05 bits per heavy atom. The van der Waals surface area contributed by atoms with E-state index in [0.29, 0.717) is 5.75 Å². The number of rotatable bonds is 8. The molecular weight excluding hydrogens is 252 g/mol. The second kappa shape index (κ2) is 7.41. The molecule has 1 aromatic rings. The third kappa shape index (κ3) is 4.06. The summed E-state index contributed by atoms with van der Waals surface area (Å²) in [5.74, 6) is 0.735. The Kier molecular flexibility index (Phi) is 5.57. The summed E-state index contributed by atoms with van der Waals surface area (Å²) in [4.78, 5) is 0. The summed E-state index contributed by atoms with van der Waals surface area (Å²) in [5.41, 5.74) is 0.926. The van der Waals surface area contributed by atoms with Crippen LogP contribution >= 0.6 is 0 Å². The summed E-state index contributed by atoms with van der Waals surface area (Å²) >= 11 is 0. The zero-order valence-electron chi connectivity index (χ0n) is 12.4. The molecule has 2 N–H and O–H groups in total. The third-order valence-corrected chi connectivity index (χ3v) is 3.99. The molecule has 2 rings (SSSR count). The van der Waals surface area contributed by atoms with Crippen molar-refractivity contribution >= 4 is 0 Å². The summed E-state index contributed by atoms with van der Waals surface area (Å²) in [6, 6.07) is 3.04. The first-order chi connectivity index (χ1) is 9.70. The summed E-state index contributed by atoms with van der Waals surface area (Å²) in [6.07, 6.45) is 11.1. The van der Waals surface area contributed by atoms with Gasteiger partial charge in [0.05, 0.1) is 0 Å². The van der Waals surface area contributed by atoms with Crippen LogP contribution in [0.4, 0.5) is 0 Å². The SMILES string of the molecule is CCCCCCCCCC1Cc2cc(O)cc(O)c2O1. The Morgan fingerprint density at radius 3 is 2.50 bits per heavy atom. The van der Waals surface area contributed by atoms with E-state index in [1.807, 2.05) is 0 Å². The quantitative estimate of drug-likeness (QED) is 0.686. The van der Waals surface area contributed by atoms with Gasteiger partial charge in [0.2, 0.25) is 0 Å². The minimum Gasteiger partial charge on any atom is -0.508 e. The molecule has 0 aromatic heterocycles. The van der Waals surface area contributed by atoms with Gasteiger partial charge in [-0.1, -0.05) is 45.4 Å². The van der Waals surface area contributed by atoms with E-state index >= 15 is 0 Å². The van der Waals surface area contributed by atoms with Crippen molar-refractivity contribution in [3.63, 3.8) is 0 Å². The monoisotopic (exact) mass is 278 g/mol. The number of aromatic hydroxyl groups is 2. The molecule has 0 saturated heterocycles. The molecule has 1 aromatic carbocycles. The van der Waals surface area contributed by atoms with Crippen molar-refractivity contribution in [3.05, 3.63) is 17.7 Å². The number of phenols is 2. The largest absolute Gasteiger partial charge is 0.508 e. The van der Waals surface area contributed by atoms with Gasteiger partial charge in [-0.2, -0.15) is 0 Å². The lowest BCUT2D eigenvalue weighted by atomic mass is 10.0. The number of fused-ring (bicyclic) bond motifs is 1. The van der Waals surface area contributed by atoms with Crippen molar-refractivity contribution in [2.75, 3.05) is 0 Å². The Hall–Kier alpha value is -1.38. The molecule has 3 heteroatoms. The molecule has 20 heavy (non-hydrogen) atoms. The van der Waals surface area contributed by atoms with Crippen LogP contribution < -0.4 is 4.74 Å². The molecule has 0 amide bonds. The number of benzene rings is 1. The van der Waals surface area contributed by atoms with Crippen molar-refractivity contribution in [2.24, 2.45) is 0 Å². The van der Waals surface area contributed by atoms with Crippen molar-refractivity contribution in [3.8, 4) is 17.2 Å². The Morgan fingerprint density at radius 2 is 1.75 bits per heavy atom. The number of unbranched alkanes of at least 4 members (excludes halogenated alkanes) is 6. The first kappa shape index (κ1) is 15.0. The standard InChI is InChI=1S/C17H26O3/c1-2-3-4-5-6-7-8-9-15-11-13-10-14(18)12-16(19)17(13)20-15/h10,12,15,18-19H,2-9,11H2,1H3. The topological polar surface area (TPSA) is 49.7 Å². The summed E-state index contributed by atoms with van der Waals surface area (Å²) in [6.45, 7) is 2.24. The first-order valence-corrected chi connectivity index (χ1v) is 7.92. The normalized spacial score (nSPS) is 16.9. The number of phenolic OH excluding ortho intramolecular Hbond substituents is 2. The van der Waals surface area contributed by atoms with Crippen LogP contribution in [0, 0.1) is 0 Å². The van der Waals surface area contributed by atoms with Crippen molar-refractivity contribution in [1.82, 2.24) is 0 Å². The zero-order chi connectivity index (χ0) is 14.4. The van der Waals surface area contributed by atoms with Crippen molar-refractivity contribution < 1.29 is 14.9 Å². The summed E-state index contributed by atoms with van der Waals surface area (Å²) in [5, 5.41) is 19.2. The van der Waals surface area contributed by atoms with E-state index in [1.54, 1.807) is 6.07 Å². The molecule has 0 aliphatic carbocycles. The van der Waals surface area contributed by atoms with Crippen LogP contribution in [0.5, 0.6) is 17.2 Å². The highest BCUT2D eigenvalue weighted by Crippen LogP contribution is 2.41. The fraction of sp³-hybridized carbons (Fsp3) is 0.647. The smallest absolute Gasteiger partial charge is 0.164 e. The van der Waals surface area contributed by atoms with E-state index in [1.165, 1.54) is 51.0 Å².